The van der Waals surface area contributed by atoms with Crippen LogP contribution in [0.25, 0.3) is 0 Å². The fourth-order valence-electron chi connectivity index (χ4n) is 4.07. The van der Waals surface area contributed by atoms with Crippen molar-refractivity contribution in [3.63, 3.8) is 0 Å². The predicted molar refractivity (Wildman–Crippen MR) is 99.5 cm³/mol. The van der Waals surface area contributed by atoms with E-state index in [1.165, 1.54) is 25.7 Å². The van der Waals surface area contributed by atoms with E-state index in [1.54, 1.807) is 0 Å². The van der Waals surface area contributed by atoms with E-state index in [9.17, 15) is 13.2 Å². The van der Waals surface area contributed by atoms with Crippen LogP contribution in [0.15, 0.2) is 0 Å². The lowest BCUT2D eigenvalue weighted by atomic mass is 9.86. The maximum absolute atomic E-state index is 12.2. The van der Waals surface area contributed by atoms with E-state index in [4.69, 9.17) is 14.2 Å². The molecule has 160 valence electrons. The molecule has 0 bridgehead atoms. The van der Waals surface area contributed by atoms with Gasteiger partial charge in [-0.3, -0.25) is 0 Å². The highest BCUT2D eigenvalue weighted by atomic mass is 19.4. The second kappa shape index (κ2) is 12.3. The summed E-state index contributed by atoms with van der Waals surface area (Å²) in [4.78, 5) is 0. The molecule has 0 radical (unpaired) electrons. The first-order valence-corrected chi connectivity index (χ1v) is 10.9. The van der Waals surface area contributed by atoms with Gasteiger partial charge in [-0.25, -0.2) is 0 Å². The zero-order chi connectivity index (χ0) is 19.5. The van der Waals surface area contributed by atoms with E-state index in [2.05, 4.69) is 6.92 Å². The van der Waals surface area contributed by atoms with Crippen molar-refractivity contribution in [2.75, 3.05) is 19.8 Å². The summed E-state index contributed by atoms with van der Waals surface area (Å²) in [5, 5.41) is 0. The summed E-state index contributed by atoms with van der Waals surface area (Å²) in [5.41, 5.74) is 0. The van der Waals surface area contributed by atoms with Crippen molar-refractivity contribution in [2.24, 2.45) is 11.8 Å². The first kappa shape index (κ1) is 23.0. The highest BCUT2D eigenvalue weighted by Gasteiger charge is 2.33. The zero-order valence-electron chi connectivity index (χ0n) is 16.8. The number of hydrogen-bond donors (Lipinski definition) is 0. The van der Waals surface area contributed by atoms with Gasteiger partial charge in [0.15, 0.2) is 6.29 Å². The van der Waals surface area contributed by atoms with Crippen LogP contribution in [0.3, 0.4) is 0 Å². The lowest BCUT2D eigenvalue weighted by Crippen LogP contribution is -2.39. The number of halogens is 3. The van der Waals surface area contributed by atoms with Gasteiger partial charge in [-0.2, -0.15) is 13.2 Å². The molecule has 0 atom stereocenters. The number of unbranched alkanes of at least 4 members (excludes halogenated alkanes) is 4. The number of rotatable bonds is 11. The van der Waals surface area contributed by atoms with Crippen LogP contribution in [0.4, 0.5) is 13.2 Å². The van der Waals surface area contributed by atoms with E-state index in [0.717, 1.165) is 38.7 Å². The Labute approximate surface area is 162 Å². The summed E-state index contributed by atoms with van der Waals surface area (Å²) in [6.07, 6.45) is 6.60. The maximum atomic E-state index is 12.2. The topological polar surface area (TPSA) is 27.7 Å². The van der Waals surface area contributed by atoms with Gasteiger partial charge in [0.05, 0.1) is 19.3 Å². The second-order valence-corrected chi connectivity index (χ2v) is 8.23. The molecule has 27 heavy (non-hydrogen) atoms. The smallest absolute Gasteiger partial charge is 0.378 e. The Morgan fingerprint density at radius 2 is 1.56 bits per heavy atom. The van der Waals surface area contributed by atoms with Gasteiger partial charge in [0.2, 0.25) is 0 Å². The minimum absolute atomic E-state index is 0.0935. The molecule has 1 saturated heterocycles. The molecule has 1 heterocycles. The molecule has 0 amide bonds. The molecule has 1 saturated carbocycles. The predicted octanol–water partition coefficient (Wildman–Crippen LogP) is 6.25. The fraction of sp³-hybridized carbons (Fsp3) is 1.00. The third-order valence-electron chi connectivity index (χ3n) is 5.77. The Balaban J connectivity index is 1.52. The second-order valence-electron chi connectivity index (χ2n) is 8.23. The molecule has 2 fully saturated rings. The molecule has 0 aromatic heterocycles. The Hall–Kier alpha value is -0.330. The van der Waals surface area contributed by atoms with E-state index >= 15 is 0 Å². The van der Waals surface area contributed by atoms with Gasteiger partial charge in [-0.15, -0.1) is 0 Å². The molecule has 2 aliphatic rings. The van der Waals surface area contributed by atoms with Crippen molar-refractivity contribution < 1.29 is 27.4 Å². The third kappa shape index (κ3) is 9.62. The zero-order valence-corrected chi connectivity index (χ0v) is 16.8. The molecule has 0 aromatic carbocycles. The number of ether oxygens (including phenoxy) is 3. The fourth-order valence-corrected chi connectivity index (χ4v) is 4.07. The molecule has 1 aliphatic carbocycles. The Kier molecular flexibility index (Phi) is 10.4. The van der Waals surface area contributed by atoms with E-state index in [0.29, 0.717) is 31.7 Å². The van der Waals surface area contributed by atoms with Crippen LogP contribution in [0, 0.1) is 11.8 Å². The van der Waals surface area contributed by atoms with Gasteiger partial charge < -0.3 is 14.2 Å². The van der Waals surface area contributed by atoms with Crippen molar-refractivity contribution in [2.45, 2.75) is 103 Å². The largest absolute Gasteiger partial charge is 0.389 e. The molecule has 6 heteroatoms. The van der Waals surface area contributed by atoms with E-state index in [1.807, 2.05) is 0 Å². The number of hydrogen-bond acceptors (Lipinski definition) is 3. The maximum Gasteiger partial charge on any atom is 0.389 e. The summed E-state index contributed by atoms with van der Waals surface area (Å²) >= 11 is 0. The van der Waals surface area contributed by atoms with Gasteiger partial charge in [0.25, 0.3) is 0 Å². The van der Waals surface area contributed by atoms with Crippen LogP contribution in [0.1, 0.15) is 84.0 Å². The van der Waals surface area contributed by atoms with Gasteiger partial charge in [-0.1, -0.05) is 32.6 Å². The van der Waals surface area contributed by atoms with Gasteiger partial charge >= 0.3 is 6.18 Å². The van der Waals surface area contributed by atoms with Crippen LogP contribution in [-0.4, -0.2) is 38.4 Å². The number of alkyl halides is 3. The van der Waals surface area contributed by atoms with Crippen molar-refractivity contribution in [1.29, 1.82) is 0 Å². The lowest BCUT2D eigenvalue weighted by molar-refractivity contribution is -0.232. The molecule has 3 nitrogen and oxygen atoms in total. The molecular weight excluding hydrogens is 357 g/mol. The van der Waals surface area contributed by atoms with Crippen molar-refractivity contribution in [3.8, 4) is 0 Å². The summed E-state index contributed by atoms with van der Waals surface area (Å²) in [6.45, 7) is 4.14. The molecular formula is C21H37F3O3. The van der Waals surface area contributed by atoms with Gasteiger partial charge in [-0.05, 0) is 44.9 Å². The van der Waals surface area contributed by atoms with Crippen LogP contribution in [0.2, 0.25) is 0 Å². The highest BCUT2D eigenvalue weighted by Crippen LogP contribution is 2.33. The average molecular weight is 395 g/mol. The summed E-state index contributed by atoms with van der Waals surface area (Å²) in [7, 11) is 0. The van der Waals surface area contributed by atoms with Crippen LogP contribution < -0.4 is 0 Å². The molecule has 1 aliphatic heterocycles. The first-order valence-electron chi connectivity index (χ1n) is 10.9. The monoisotopic (exact) mass is 394 g/mol. The average Bonchev–Trinajstić information content (AvgIpc) is 2.65. The highest BCUT2D eigenvalue weighted by molar-refractivity contribution is 4.77. The van der Waals surface area contributed by atoms with Crippen molar-refractivity contribution in [1.82, 2.24) is 0 Å². The lowest BCUT2D eigenvalue weighted by Gasteiger charge is -2.37. The minimum atomic E-state index is -4.06. The Morgan fingerprint density at radius 3 is 2.19 bits per heavy atom. The van der Waals surface area contributed by atoms with Crippen LogP contribution in [0.5, 0.6) is 0 Å². The normalized spacial score (nSPS) is 29.8. The molecule has 2 rings (SSSR count). The van der Waals surface area contributed by atoms with E-state index in [-0.39, 0.29) is 18.6 Å². The minimum Gasteiger partial charge on any atom is -0.378 e. The van der Waals surface area contributed by atoms with E-state index < -0.39 is 12.6 Å². The van der Waals surface area contributed by atoms with Gasteiger partial charge in [0, 0.05) is 24.9 Å². The van der Waals surface area contributed by atoms with Crippen molar-refractivity contribution >= 4 is 0 Å². The molecule has 0 N–H and O–H groups in total. The summed E-state index contributed by atoms with van der Waals surface area (Å²) in [6, 6.07) is 0. The van der Waals surface area contributed by atoms with Crippen molar-refractivity contribution in [3.05, 3.63) is 0 Å². The summed E-state index contributed by atoms with van der Waals surface area (Å²) in [5.74, 6) is 0.488. The molecule has 0 unspecified atom stereocenters. The standard InChI is InChI=1S/C21H37F3O3/c1-2-3-4-5-6-14-25-19-11-9-18(10-12-19)20-26-15-17(16-27-20)8-7-13-21(22,23)24/h17-20H,2-16H2,1H3. The van der Waals surface area contributed by atoms with Gasteiger partial charge in [0.1, 0.15) is 0 Å². The Bertz CT molecular complexity index is 373. The van der Waals surface area contributed by atoms with Crippen LogP contribution in [-0.2, 0) is 14.2 Å². The Morgan fingerprint density at radius 1 is 0.889 bits per heavy atom. The quantitative estimate of drug-likeness (QED) is 0.387. The molecule has 0 spiro atoms. The summed E-state index contributed by atoms with van der Waals surface area (Å²) < 4.78 is 54.4. The molecule has 0 aromatic rings. The SMILES string of the molecule is CCCCCCCOC1CCC(C2OCC(CCCC(F)(F)F)CO2)CC1. The first-order chi connectivity index (χ1) is 13.0. The third-order valence-corrected chi connectivity index (χ3v) is 5.77. The van der Waals surface area contributed by atoms with Crippen LogP contribution >= 0.6 is 0 Å².